The van der Waals surface area contributed by atoms with Gasteiger partial charge in [0, 0.05) is 37.2 Å². The predicted octanol–water partition coefficient (Wildman–Crippen LogP) is 3.94. The van der Waals surface area contributed by atoms with Crippen LogP contribution in [0.2, 0.25) is 5.02 Å². The molecule has 2 aliphatic rings. The molecule has 4 heterocycles. The first-order valence-corrected chi connectivity index (χ1v) is 11.3. The molecule has 33 heavy (non-hydrogen) atoms. The van der Waals surface area contributed by atoms with Crippen LogP contribution in [-0.4, -0.2) is 52.1 Å². The topological polar surface area (TPSA) is 107 Å². The van der Waals surface area contributed by atoms with E-state index in [-0.39, 0.29) is 12.1 Å². The van der Waals surface area contributed by atoms with Gasteiger partial charge in [0.15, 0.2) is 5.82 Å². The molecule has 3 aromatic rings. The number of halogens is 1. The van der Waals surface area contributed by atoms with Gasteiger partial charge < -0.3 is 26.2 Å². The first kappa shape index (κ1) is 21.4. The Morgan fingerprint density at radius 3 is 2.91 bits per heavy atom. The van der Waals surface area contributed by atoms with Gasteiger partial charge in [-0.3, -0.25) is 4.98 Å². The van der Waals surface area contributed by atoms with Crippen molar-refractivity contribution in [2.75, 3.05) is 36.1 Å². The second kappa shape index (κ2) is 9.21. The number of carbonyl (C=O) groups excluding carboxylic acids is 1. The molecule has 5 rings (SSSR count). The Balaban J connectivity index is 1.47. The summed E-state index contributed by atoms with van der Waals surface area (Å²) in [6, 6.07) is 7.96. The molecule has 0 radical (unpaired) electrons. The Hall–Kier alpha value is -3.43. The molecule has 0 spiro atoms. The van der Waals surface area contributed by atoms with Crippen LogP contribution in [-0.2, 0) is 12.8 Å². The predicted molar refractivity (Wildman–Crippen MR) is 130 cm³/mol. The summed E-state index contributed by atoms with van der Waals surface area (Å²) in [7, 11) is 1.84. The molecule has 1 atom stereocenters. The highest BCUT2D eigenvalue weighted by atomic mass is 35.5. The van der Waals surface area contributed by atoms with Crippen molar-refractivity contribution in [1.82, 2.24) is 25.2 Å². The van der Waals surface area contributed by atoms with Crippen LogP contribution < -0.4 is 21.3 Å². The van der Waals surface area contributed by atoms with Crippen molar-refractivity contribution in [3.05, 3.63) is 59.0 Å². The van der Waals surface area contributed by atoms with E-state index in [1.165, 1.54) is 0 Å². The molecule has 1 aromatic carbocycles. The molecule has 10 heteroatoms. The van der Waals surface area contributed by atoms with Crippen LogP contribution in [0.4, 0.5) is 33.6 Å². The number of carbonyl (C=O) groups is 1. The van der Waals surface area contributed by atoms with Crippen LogP contribution >= 0.6 is 11.6 Å². The number of hydrogen-bond donors (Lipinski definition) is 4. The molecule has 1 saturated heterocycles. The van der Waals surface area contributed by atoms with E-state index in [1.807, 2.05) is 37.5 Å². The van der Waals surface area contributed by atoms with Crippen LogP contribution in [0.5, 0.6) is 0 Å². The summed E-state index contributed by atoms with van der Waals surface area (Å²) in [6.45, 7) is 1.75. The molecule has 2 aromatic heterocycles. The molecule has 0 saturated carbocycles. The largest absolute Gasteiger partial charge is 0.339 e. The average molecular weight is 465 g/mol. The van der Waals surface area contributed by atoms with Crippen molar-refractivity contribution in [3.63, 3.8) is 0 Å². The van der Waals surface area contributed by atoms with Gasteiger partial charge in [0.05, 0.1) is 18.1 Å². The number of anilines is 5. The average Bonchev–Trinajstić information content (AvgIpc) is 3.35. The Morgan fingerprint density at radius 1 is 1.15 bits per heavy atom. The number of fused-ring (bicyclic) bond motifs is 6. The minimum atomic E-state index is -0.111. The molecule has 2 aliphatic heterocycles. The monoisotopic (exact) mass is 464 g/mol. The molecular weight excluding hydrogens is 440 g/mol. The number of nitrogens with zero attached hydrogens (tertiary/aromatic N) is 4. The third-order valence-corrected chi connectivity index (χ3v) is 6.27. The zero-order chi connectivity index (χ0) is 22.8. The fourth-order valence-electron chi connectivity index (χ4n) is 4.09. The quantitative estimate of drug-likeness (QED) is 0.455. The lowest BCUT2D eigenvalue weighted by Crippen LogP contribution is -2.41. The third kappa shape index (κ3) is 4.84. The Bertz CT molecular complexity index is 1180. The molecule has 0 aliphatic carbocycles. The minimum absolute atomic E-state index is 0.111. The standard InChI is InChI=1S/C23H25ClN8O/c1-32(18-6-7-25-12-18)23(33)30-20-5-4-16-9-15(20)3-2-14-8-17(11-26-10-14)29-22-27-13-19(24)21(28-16)31-22/h4-5,8-11,13,18,25H,2-3,6-7,12H2,1H3,(H,30,33)(H2,27,28,29,31)/t18-/m0/s1. The molecular formula is C23H25ClN8O. The molecule has 1 fully saturated rings. The number of rotatable bonds is 2. The summed E-state index contributed by atoms with van der Waals surface area (Å²) in [6.07, 6.45) is 7.57. The van der Waals surface area contributed by atoms with Gasteiger partial charge in [-0.05, 0) is 61.2 Å². The van der Waals surface area contributed by atoms with E-state index >= 15 is 0 Å². The molecule has 170 valence electrons. The highest BCUT2D eigenvalue weighted by molar-refractivity contribution is 6.32. The van der Waals surface area contributed by atoms with Gasteiger partial charge in [0.1, 0.15) is 5.02 Å². The van der Waals surface area contributed by atoms with Gasteiger partial charge in [-0.2, -0.15) is 4.98 Å². The van der Waals surface area contributed by atoms with E-state index in [0.717, 1.165) is 60.5 Å². The van der Waals surface area contributed by atoms with Gasteiger partial charge in [-0.1, -0.05) is 11.6 Å². The first-order valence-electron chi connectivity index (χ1n) is 10.9. The smallest absolute Gasteiger partial charge is 0.321 e. The summed E-state index contributed by atoms with van der Waals surface area (Å²) in [5.74, 6) is 0.919. The van der Waals surface area contributed by atoms with Crippen molar-refractivity contribution < 1.29 is 4.79 Å². The number of aryl methyl sites for hydroxylation is 2. The maximum atomic E-state index is 12.9. The number of aromatic nitrogens is 3. The second-order valence-corrected chi connectivity index (χ2v) is 8.69. The van der Waals surface area contributed by atoms with Crippen LogP contribution in [0.3, 0.4) is 0 Å². The highest BCUT2D eigenvalue weighted by Crippen LogP contribution is 2.29. The lowest BCUT2D eigenvalue weighted by Gasteiger charge is -2.25. The summed E-state index contributed by atoms with van der Waals surface area (Å²) in [4.78, 5) is 27.8. The summed E-state index contributed by atoms with van der Waals surface area (Å²) >= 11 is 6.33. The number of likely N-dealkylation sites (N-methyl/N-ethyl adjacent to an activating group) is 1. The number of hydrogen-bond acceptors (Lipinski definition) is 7. The van der Waals surface area contributed by atoms with Crippen LogP contribution in [0, 0.1) is 0 Å². The van der Waals surface area contributed by atoms with Gasteiger partial charge in [0.2, 0.25) is 5.95 Å². The van der Waals surface area contributed by atoms with Crippen molar-refractivity contribution in [1.29, 1.82) is 0 Å². The molecule has 0 unspecified atom stereocenters. The SMILES string of the molecule is CN(C(=O)Nc1ccc2cc1CCc1cncc(c1)Nc1ncc(Cl)c(n1)N2)[C@H]1CCNC1. The van der Waals surface area contributed by atoms with Crippen molar-refractivity contribution in [3.8, 4) is 0 Å². The molecule has 2 amide bonds. The first-order chi connectivity index (χ1) is 16.0. The van der Waals surface area contributed by atoms with E-state index in [4.69, 9.17) is 11.6 Å². The van der Waals surface area contributed by atoms with Crippen LogP contribution in [0.15, 0.2) is 42.9 Å². The van der Waals surface area contributed by atoms with Crippen molar-refractivity contribution in [2.24, 2.45) is 0 Å². The van der Waals surface area contributed by atoms with E-state index in [0.29, 0.717) is 16.8 Å². The second-order valence-electron chi connectivity index (χ2n) is 8.28. The normalized spacial score (nSPS) is 17.0. The number of urea groups is 1. The van der Waals surface area contributed by atoms with E-state index in [1.54, 1.807) is 17.3 Å². The Kier molecular flexibility index (Phi) is 5.97. The summed E-state index contributed by atoms with van der Waals surface area (Å²) < 4.78 is 0. The Morgan fingerprint density at radius 2 is 2.06 bits per heavy atom. The summed E-state index contributed by atoms with van der Waals surface area (Å²) in [5, 5.41) is 13.3. The maximum Gasteiger partial charge on any atom is 0.321 e. The lowest BCUT2D eigenvalue weighted by molar-refractivity contribution is 0.207. The molecule has 6 bridgehead atoms. The van der Waals surface area contributed by atoms with E-state index < -0.39 is 0 Å². The fourth-order valence-corrected chi connectivity index (χ4v) is 4.23. The number of amides is 2. The van der Waals surface area contributed by atoms with Gasteiger partial charge in [0.25, 0.3) is 0 Å². The van der Waals surface area contributed by atoms with Crippen molar-refractivity contribution >= 4 is 46.5 Å². The highest BCUT2D eigenvalue weighted by Gasteiger charge is 2.23. The summed E-state index contributed by atoms with van der Waals surface area (Å²) in [5.41, 5.74) is 4.49. The zero-order valence-electron chi connectivity index (χ0n) is 18.2. The lowest BCUT2D eigenvalue weighted by atomic mass is 10.0. The maximum absolute atomic E-state index is 12.9. The van der Waals surface area contributed by atoms with Gasteiger partial charge in [-0.15, -0.1) is 0 Å². The zero-order valence-corrected chi connectivity index (χ0v) is 19.0. The van der Waals surface area contributed by atoms with E-state index in [9.17, 15) is 4.79 Å². The van der Waals surface area contributed by atoms with Crippen LogP contribution in [0.1, 0.15) is 17.5 Å². The molecule has 9 nitrogen and oxygen atoms in total. The van der Waals surface area contributed by atoms with Gasteiger partial charge >= 0.3 is 6.03 Å². The van der Waals surface area contributed by atoms with E-state index in [2.05, 4.69) is 36.2 Å². The van der Waals surface area contributed by atoms with Crippen LogP contribution in [0.25, 0.3) is 0 Å². The van der Waals surface area contributed by atoms with Gasteiger partial charge in [-0.25, -0.2) is 9.78 Å². The number of nitrogens with one attached hydrogen (secondary N) is 4. The fraction of sp³-hybridized carbons (Fsp3) is 0.304. The number of benzene rings is 1. The third-order valence-electron chi connectivity index (χ3n) is 5.99. The van der Waals surface area contributed by atoms with Crippen molar-refractivity contribution in [2.45, 2.75) is 25.3 Å². The Labute approximate surface area is 197 Å². The minimum Gasteiger partial charge on any atom is -0.339 e. The molecule has 4 N–H and O–H groups in total. The number of pyridine rings is 1.